The number of hydrogen-bond acceptors (Lipinski definition) is 6. The minimum absolute atomic E-state index is 0.0217. The zero-order valence-electron chi connectivity index (χ0n) is 24.0. The van der Waals surface area contributed by atoms with Crippen LogP contribution in [0.1, 0.15) is 75.5 Å². The summed E-state index contributed by atoms with van der Waals surface area (Å²) in [4.78, 5) is 15.3. The number of benzene rings is 2. The quantitative estimate of drug-likeness (QED) is 0.229. The molecular weight excluding hydrogens is 572 g/mol. The van der Waals surface area contributed by atoms with Gasteiger partial charge in [-0.2, -0.15) is 0 Å². The number of rotatable bonds is 14. The van der Waals surface area contributed by atoms with Crippen molar-refractivity contribution in [2.45, 2.75) is 76.7 Å². The van der Waals surface area contributed by atoms with Gasteiger partial charge in [0.1, 0.15) is 11.9 Å². The van der Waals surface area contributed by atoms with Crippen LogP contribution in [0.15, 0.2) is 53.0 Å². The maximum absolute atomic E-state index is 13.1. The average Bonchev–Trinajstić information content (AvgIpc) is 3.47. The normalized spacial score (nSPS) is 20.8. The van der Waals surface area contributed by atoms with Crippen LogP contribution in [0, 0.1) is 5.92 Å². The van der Waals surface area contributed by atoms with Gasteiger partial charge in [0.05, 0.1) is 25.9 Å². The van der Waals surface area contributed by atoms with Crippen molar-refractivity contribution < 1.29 is 23.7 Å². The Morgan fingerprint density at radius 2 is 1.75 bits per heavy atom. The van der Waals surface area contributed by atoms with E-state index in [9.17, 15) is 4.79 Å². The third-order valence-corrected chi connectivity index (χ3v) is 8.22. The highest BCUT2D eigenvalue weighted by atomic mass is 79.9. The van der Waals surface area contributed by atoms with E-state index in [0.717, 1.165) is 79.8 Å². The van der Waals surface area contributed by atoms with Crippen LogP contribution >= 0.6 is 15.9 Å². The van der Waals surface area contributed by atoms with Crippen molar-refractivity contribution in [1.29, 1.82) is 0 Å². The number of likely N-dealkylation sites (N-methyl/N-ethyl adjacent to an activating group) is 1. The first kappa shape index (κ1) is 30.8. The summed E-state index contributed by atoms with van der Waals surface area (Å²) in [6.45, 7) is 6.07. The Bertz CT molecular complexity index is 1030. The van der Waals surface area contributed by atoms with E-state index in [2.05, 4.69) is 40.1 Å². The number of ether oxygens (including phenoxy) is 4. The average molecular weight is 618 g/mol. The van der Waals surface area contributed by atoms with Gasteiger partial charge in [-0.05, 0) is 74.5 Å². The van der Waals surface area contributed by atoms with Crippen molar-refractivity contribution in [2.75, 3.05) is 40.0 Å². The molecule has 3 atom stereocenters. The molecule has 40 heavy (non-hydrogen) atoms. The molecule has 8 heteroatoms. The highest BCUT2D eigenvalue weighted by molar-refractivity contribution is 9.10. The summed E-state index contributed by atoms with van der Waals surface area (Å²) in [7, 11) is 2.07. The first-order valence-electron chi connectivity index (χ1n) is 14.8. The van der Waals surface area contributed by atoms with Crippen LogP contribution in [0.5, 0.6) is 5.75 Å². The van der Waals surface area contributed by atoms with E-state index >= 15 is 0 Å². The van der Waals surface area contributed by atoms with Crippen molar-refractivity contribution in [2.24, 2.45) is 5.92 Å². The molecule has 2 fully saturated rings. The number of likely N-dealkylation sites (tertiary alicyclic amines) is 1. The first-order valence-corrected chi connectivity index (χ1v) is 15.6. The van der Waals surface area contributed by atoms with Gasteiger partial charge in [0.25, 0.3) is 0 Å². The van der Waals surface area contributed by atoms with Crippen LogP contribution in [-0.4, -0.2) is 63.3 Å². The number of nitrogens with one attached hydrogen (secondary N) is 1. The molecule has 0 spiro atoms. The second-order valence-corrected chi connectivity index (χ2v) is 12.0. The lowest BCUT2D eigenvalue weighted by molar-refractivity contribution is -0.0480. The predicted molar refractivity (Wildman–Crippen MR) is 161 cm³/mol. The van der Waals surface area contributed by atoms with Crippen LogP contribution in [-0.2, 0) is 14.2 Å². The number of unbranched alkanes of at least 4 members (excludes halogenated alkanes) is 5. The van der Waals surface area contributed by atoms with E-state index in [1.807, 2.05) is 48.5 Å². The van der Waals surface area contributed by atoms with Crippen LogP contribution in [0.2, 0.25) is 0 Å². The van der Waals surface area contributed by atoms with Gasteiger partial charge in [-0.3, -0.25) is 0 Å². The lowest BCUT2D eigenvalue weighted by Gasteiger charge is -2.34. The van der Waals surface area contributed by atoms with Gasteiger partial charge >= 0.3 is 6.09 Å². The van der Waals surface area contributed by atoms with Gasteiger partial charge in [-0.25, -0.2) is 4.79 Å². The Morgan fingerprint density at radius 1 is 1.02 bits per heavy atom. The molecule has 2 aliphatic rings. The zero-order chi connectivity index (χ0) is 28.2. The molecule has 0 radical (unpaired) electrons. The SMILES string of the molecule is CC1CCN(C)C[C@@H]1OC(=O)NC(c1ccccc1)c1cc(Br)cc(OCCCCCCCCC2OCCO2)c1. The maximum atomic E-state index is 13.1. The Kier molecular flexibility index (Phi) is 12.6. The summed E-state index contributed by atoms with van der Waals surface area (Å²) in [6.07, 6.45) is 8.49. The van der Waals surface area contributed by atoms with Crippen molar-refractivity contribution in [3.05, 3.63) is 64.1 Å². The molecule has 2 aliphatic heterocycles. The van der Waals surface area contributed by atoms with Gasteiger partial charge in [0, 0.05) is 11.0 Å². The topological polar surface area (TPSA) is 69.3 Å². The monoisotopic (exact) mass is 616 g/mol. The van der Waals surface area contributed by atoms with Crippen LogP contribution in [0.4, 0.5) is 4.79 Å². The van der Waals surface area contributed by atoms with Gasteiger partial charge in [-0.1, -0.05) is 78.9 Å². The minimum atomic E-state index is -0.397. The number of carbonyl (C=O) groups is 1. The minimum Gasteiger partial charge on any atom is -0.494 e. The first-order chi connectivity index (χ1) is 19.5. The largest absolute Gasteiger partial charge is 0.494 e. The van der Waals surface area contributed by atoms with Crippen LogP contribution in [0.25, 0.3) is 0 Å². The van der Waals surface area contributed by atoms with E-state index in [-0.39, 0.29) is 18.4 Å². The lowest BCUT2D eigenvalue weighted by Crippen LogP contribution is -2.45. The highest BCUT2D eigenvalue weighted by Gasteiger charge is 2.29. The summed E-state index contributed by atoms with van der Waals surface area (Å²) < 4.78 is 24.0. The van der Waals surface area contributed by atoms with E-state index in [1.165, 1.54) is 19.3 Å². The number of halogens is 1. The van der Waals surface area contributed by atoms with Crippen molar-refractivity contribution in [3.8, 4) is 5.75 Å². The fraction of sp³-hybridized carbons (Fsp3) is 0.594. The standard InChI is InChI=1S/C32H45BrN2O5/c1-24-15-16-35(2)23-29(24)40-32(36)34-31(25-12-8-7-9-13-25)26-20-27(33)22-28(21-26)37-17-11-6-4-3-5-10-14-30-38-18-19-39-30/h7-9,12-13,20-22,24,29-31H,3-6,10-11,14-19,23H2,1-2H3,(H,34,36)/t24?,29-,31?/m0/s1. The fourth-order valence-corrected chi connectivity index (χ4v) is 5.84. The Labute approximate surface area is 248 Å². The number of nitrogens with zero attached hydrogens (tertiary/aromatic N) is 1. The third-order valence-electron chi connectivity index (χ3n) is 7.77. The number of hydrogen-bond donors (Lipinski definition) is 1. The molecule has 2 aromatic carbocycles. The van der Waals surface area contributed by atoms with Gasteiger partial charge in [-0.15, -0.1) is 0 Å². The summed E-state index contributed by atoms with van der Waals surface area (Å²) in [6, 6.07) is 15.7. The number of carbonyl (C=O) groups excluding carboxylic acids is 1. The second-order valence-electron chi connectivity index (χ2n) is 11.1. The number of amides is 1. The van der Waals surface area contributed by atoms with Crippen LogP contribution < -0.4 is 10.1 Å². The summed E-state index contributed by atoms with van der Waals surface area (Å²) >= 11 is 3.65. The Balaban J connectivity index is 1.28. The third kappa shape index (κ3) is 10.1. The van der Waals surface area contributed by atoms with Gasteiger partial charge < -0.3 is 29.2 Å². The van der Waals surface area contributed by atoms with E-state index in [1.54, 1.807) is 0 Å². The molecule has 4 rings (SSSR count). The molecular formula is C32H45BrN2O5. The molecule has 1 N–H and O–H groups in total. The van der Waals surface area contributed by atoms with Crippen molar-refractivity contribution >= 4 is 22.0 Å². The summed E-state index contributed by atoms with van der Waals surface area (Å²) in [5, 5.41) is 3.13. The van der Waals surface area contributed by atoms with E-state index < -0.39 is 6.09 Å². The molecule has 2 heterocycles. The second kappa shape index (κ2) is 16.3. The van der Waals surface area contributed by atoms with Crippen LogP contribution in [0.3, 0.4) is 0 Å². The lowest BCUT2D eigenvalue weighted by atomic mass is 9.96. The van der Waals surface area contributed by atoms with Gasteiger partial charge in [0.2, 0.25) is 0 Å². The summed E-state index contributed by atoms with van der Waals surface area (Å²) in [5.74, 6) is 1.13. The number of alkyl carbamates (subject to hydrolysis) is 1. The highest BCUT2D eigenvalue weighted by Crippen LogP contribution is 2.30. The molecule has 2 unspecified atom stereocenters. The molecule has 0 saturated carbocycles. The zero-order valence-corrected chi connectivity index (χ0v) is 25.6. The Morgan fingerprint density at radius 3 is 2.52 bits per heavy atom. The fourth-order valence-electron chi connectivity index (χ4n) is 5.35. The van der Waals surface area contributed by atoms with Gasteiger partial charge in [0.15, 0.2) is 6.29 Å². The van der Waals surface area contributed by atoms with E-state index in [0.29, 0.717) is 12.5 Å². The molecule has 1 amide bonds. The molecule has 7 nitrogen and oxygen atoms in total. The maximum Gasteiger partial charge on any atom is 0.408 e. The van der Waals surface area contributed by atoms with Crippen molar-refractivity contribution in [3.63, 3.8) is 0 Å². The predicted octanol–water partition coefficient (Wildman–Crippen LogP) is 7.09. The number of piperidine rings is 1. The molecule has 2 saturated heterocycles. The summed E-state index contributed by atoms with van der Waals surface area (Å²) in [5.41, 5.74) is 1.93. The molecule has 0 aromatic heterocycles. The van der Waals surface area contributed by atoms with E-state index in [4.69, 9.17) is 18.9 Å². The molecule has 220 valence electrons. The smallest absolute Gasteiger partial charge is 0.408 e. The molecule has 2 aromatic rings. The molecule has 0 bridgehead atoms. The Hall–Kier alpha value is -2.13. The van der Waals surface area contributed by atoms with Crippen molar-refractivity contribution in [1.82, 2.24) is 10.2 Å². The molecule has 0 aliphatic carbocycles.